The number of piperazine rings is 1. The highest BCUT2D eigenvalue weighted by molar-refractivity contribution is 5.76. The number of fused-ring (bicyclic) bond motifs is 2. The number of amides is 1. The number of likely N-dealkylation sites (tertiary alicyclic amines) is 1. The molecule has 2 N–H and O–H groups in total. The van der Waals surface area contributed by atoms with Crippen molar-refractivity contribution in [3.05, 3.63) is 35.5 Å². The van der Waals surface area contributed by atoms with E-state index in [0.717, 1.165) is 50.7 Å². The molecule has 6 rings (SSSR count). The van der Waals surface area contributed by atoms with Crippen LogP contribution in [0, 0.1) is 0 Å². The number of rotatable bonds is 9. The van der Waals surface area contributed by atoms with Crippen LogP contribution in [0.2, 0.25) is 0 Å². The van der Waals surface area contributed by atoms with Crippen molar-refractivity contribution in [3.8, 4) is 0 Å². The van der Waals surface area contributed by atoms with Crippen LogP contribution in [0.4, 0.5) is 36.3 Å². The van der Waals surface area contributed by atoms with Gasteiger partial charge in [-0.15, -0.1) is 0 Å². The zero-order valence-corrected chi connectivity index (χ0v) is 23.0. The lowest BCUT2D eigenvalue weighted by atomic mass is 10.1. The molecule has 216 valence electrons. The fraction of sp³-hybridized carbons (Fsp3) is 0.621. The number of nitrogens with zero attached hydrogens (tertiary/aromatic N) is 5. The third-order valence-corrected chi connectivity index (χ3v) is 8.92. The Hall–Kier alpha value is -3.08. The van der Waals surface area contributed by atoms with E-state index < -0.39 is 11.7 Å². The standard InChI is InChI=1S/C29H38F3N7O/c1-37-21-8-9-22(37)18-39(17-21)20-10-11-25(23(15-20)19-6-7-19)35-28-34-16-24(29(30,31)32)27(36-28)33-12-4-14-38-13-3-2-5-26(38)40/h10-11,15-16,19,21-22H,2-9,12-14,17-18H2,1H3,(H2,33,34,35,36)/t21-,22+. The average Bonchev–Trinajstić information content (AvgIpc) is 3.75. The summed E-state index contributed by atoms with van der Waals surface area (Å²) >= 11 is 0. The third kappa shape index (κ3) is 5.84. The monoisotopic (exact) mass is 557 g/mol. The summed E-state index contributed by atoms with van der Waals surface area (Å²) in [6.45, 7) is 3.56. The number of carbonyl (C=O) groups is 1. The molecule has 1 amide bonds. The van der Waals surface area contributed by atoms with E-state index in [1.54, 1.807) is 4.90 Å². The van der Waals surface area contributed by atoms with Crippen molar-refractivity contribution in [1.82, 2.24) is 19.8 Å². The number of carbonyl (C=O) groups excluding carboxylic acids is 1. The molecule has 40 heavy (non-hydrogen) atoms. The van der Waals surface area contributed by atoms with Crippen LogP contribution in [0.15, 0.2) is 24.4 Å². The smallest absolute Gasteiger partial charge is 0.369 e. The molecule has 1 aliphatic carbocycles. The third-order valence-electron chi connectivity index (χ3n) is 8.92. The van der Waals surface area contributed by atoms with Crippen molar-refractivity contribution < 1.29 is 18.0 Å². The molecule has 2 bridgehead atoms. The zero-order valence-electron chi connectivity index (χ0n) is 23.0. The average molecular weight is 558 g/mol. The van der Waals surface area contributed by atoms with E-state index in [1.807, 2.05) is 6.07 Å². The highest BCUT2D eigenvalue weighted by Crippen LogP contribution is 2.46. The van der Waals surface area contributed by atoms with Gasteiger partial charge in [0.15, 0.2) is 0 Å². The molecule has 0 spiro atoms. The maximum Gasteiger partial charge on any atom is 0.421 e. The summed E-state index contributed by atoms with van der Waals surface area (Å²) < 4.78 is 41.2. The van der Waals surface area contributed by atoms with Gasteiger partial charge in [0.05, 0.1) is 0 Å². The number of benzene rings is 1. The topological polar surface area (TPSA) is 76.6 Å². The first-order valence-electron chi connectivity index (χ1n) is 14.6. The maximum absolute atomic E-state index is 13.7. The minimum absolute atomic E-state index is 0.119. The summed E-state index contributed by atoms with van der Waals surface area (Å²) in [4.78, 5) is 27.1. The summed E-state index contributed by atoms with van der Waals surface area (Å²) in [6, 6.07) is 7.55. The van der Waals surface area contributed by atoms with Gasteiger partial charge in [0, 0.05) is 68.8 Å². The summed E-state index contributed by atoms with van der Waals surface area (Å²) in [5, 5.41) is 6.08. The molecular weight excluding hydrogens is 519 g/mol. The molecule has 11 heteroatoms. The van der Waals surface area contributed by atoms with Crippen LogP contribution in [-0.4, -0.2) is 77.5 Å². The Kier molecular flexibility index (Phi) is 7.50. The first kappa shape index (κ1) is 27.1. The van der Waals surface area contributed by atoms with Crippen molar-refractivity contribution in [3.63, 3.8) is 0 Å². The lowest BCUT2D eigenvalue weighted by Gasteiger charge is -2.40. The second-order valence-electron chi connectivity index (χ2n) is 11.7. The number of aromatic nitrogens is 2. The number of anilines is 4. The Labute approximate surface area is 233 Å². The number of alkyl halides is 3. The van der Waals surface area contributed by atoms with Crippen molar-refractivity contribution in [2.24, 2.45) is 0 Å². The van der Waals surface area contributed by atoms with E-state index in [-0.39, 0.29) is 24.2 Å². The van der Waals surface area contributed by atoms with Gasteiger partial charge in [-0.1, -0.05) is 0 Å². The molecule has 3 aliphatic heterocycles. The largest absolute Gasteiger partial charge is 0.421 e. The van der Waals surface area contributed by atoms with E-state index in [9.17, 15) is 18.0 Å². The van der Waals surface area contributed by atoms with Gasteiger partial charge in [-0.3, -0.25) is 9.69 Å². The molecule has 1 aromatic carbocycles. The van der Waals surface area contributed by atoms with E-state index in [0.29, 0.717) is 43.9 Å². The molecule has 1 saturated carbocycles. The van der Waals surface area contributed by atoms with Crippen LogP contribution < -0.4 is 15.5 Å². The fourth-order valence-corrected chi connectivity index (χ4v) is 6.40. The van der Waals surface area contributed by atoms with Gasteiger partial charge in [0.2, 0.25) is 11.9 Å². The Bertz CT molecular complexity index is 1220. The van der Waals surface area contributed by atoms with Crippen molar-refractivity contribution in [2.45, 2.75) is 75.5 Å². The Morgan fingerprint density at radius 1 is 1.07 bits per heavy atom. The number of hydrogen-bond donors (Lipinski definition) is 2. The minimum atomic E-state index is -4.58. The predicted octanol–water partition coefficient (Wildman–Crippen LogP) is 5.21. The van der Waals surface area contributed by atoms with E-state index in [1.165, 1.54) is 24.1 Å². The van der Waals surface area contributed by atoms with Gasteiger partial charge >= 0.3 is 6.18 Å². The summed E-state index contributed by atoms with van der Waals surface area (Å²) in [5.74, 6) is 0.450. The normalized spacial score (nSPS) is 23.6. The number of piperidine rings is 1. The molecule has 2 atom stereocenters. The van der Waals surface area contributed by atoms with Gasteiger partial charge in [-0.05, 0) is 81.7 Å². The number of halogens is 3. The van der Waals surface area contributed by atoms with E-state index in [2.05, 4.69) is 49.6 Å². The molecule has 1 aromatic heterocycles. The van der Waals surface area contributed by atoms with Crippen LogP contribution in [0.25, 0.3) is 0 Å². The lowest BCUT2D eigenvalue weighted by molar-refractivity contribution is -0.137. The minimum Gasteiger partial charge on any atom is -0.369 e. The number of likely N-dealkylation sites (N-methyl/N-ethyl adjacent to an activating group) is 1. The van der Waals surface area contributed by atoms with Crippen LogP contribution in [0.5, 0.6) is 0 Å². The molecule has 8 nitrogen and oxygen atoms in total. The maximum atomic E-state index is 13.7. The highest BCUT2D eigenvalue weighted by Gasteiger charge is 2.38. The van der Waals surface area contributed by atoms with Gasteiger partial charge < -0.3 is 20.4 Å². The molecular formula is C29H38F3N7O. The summed E-state index contributed by atoms with van der Waals surface area (Å²) in [7, 11) is 2.23. The fourth-order valence-electron chi connectivity index (χ4n) is 6.40. The van der Waals surface area contributed by atoms with Gasteiger partial charge in [-0.2, -0.15) is 18.2 Å². The second-order valence-corrected chi connectivity index (χ2v) is 11.7. The second kappa shape index (κ2) is 11.1. The zero-order chi connectivity index (χ0) is 27.9. The Morgan fingerprint density at radius 3 is 2.55 bits per heavy atom. The van der Waals surface area contributed by atoms with Crippen molar-refractivity contribution in [2.75, 3.05) is 55.3 Å². The Morgan fingerprint density at radius 2 is 1.85 bits per heavy atom. The van der Waals surface area contributed by atoms with Gasteiger partial charge in [-0.25, -0.2) is 4.98 Å². The molecule has 3 saturated heterocycles. The van der Waals surface area contributed by atoms with Gasteiger partial charge in [0.1, 0.15) is 11.4 Å². The van der Waals surface area contributed by atoms with Crippen molar-refractivity contribution >= 4 is 29.0 Å². The Balaban J connectivity index is 1.16. The van der Waals surface area contributed by atoms with Crippen LogP contribution in [0.3, 0.4) is 0 Å². The first-order chi connectivity index (χ1) is 19.3. The van der Waals surface area contributed by atoms with Crippen LogP contribution in [-0.2, 0) is 11.0 Å². The number of nitrogens with one attached hydrogen (secondary N) is 2. The lowest BCUT2D eigenvalue weighted by Crippen LogP contribution is -2.52. The van der Waals surface area contributed by atoms with Crippen LogP contribution in [0.1, 0.15) is 68.4 Å². The molecule has 0 radical (unpaired) electrons. The predicted molar refractivity (Wildman–Crippen MR) is 149 cm³/mol. The first-order valence-corrected chi connectivity index (χ1v) is 14.6. The molecule has 4 fully saturated rings. The number of hydrogen-bond acceptors (Lipinski definition) is 7. The van der Waals surface area contributed by atoms with Gasteiger partial charge in [0.25, 0.3) is 0 Å². The summed E-state index contributed by atoms with van der Waals surface area (Å²) in [6.07, 6.45) is 3.92. The van der Waals surface area contributed by atoms with E-state index in [4.69, 9.17) is 0 Å². The molecule has 2 aromatic rings. The molecule has 4 heterocycles. The SMILES string of the molecule is CN1[C@@H]2CC[C@H]1CN(c1ccc(Nc3ncc(C(F)(F)F)c(NCCCN4CCCCC4=O)n3)c(C3CC3)c1)C2. The van der Waals surface area contributed by atoms with Crippen LogP contribution >= 0.6 is 0 Å². The molecule has 4 aliphatic rings. The van der Waals surface area contributed by atoms with Crippen molar-refractivity contribution in [1.29, 1.82) is 0 Å². The highest BCUT2D eigenvalue weighted by atomic mass is 19.4. The summed E-state index contributed by atoms with van der Waals surface area (Å²) in [5.41, 5.74) is 2.33. The quantitative estimate of drug-likeness (QED) is 0.410. The van der Waals surface area contributed by atoms with E-state index >= 15 is 0 Å². The molecule has 0 unspecified atom stereocenters.